The minimum Gasteiger partial charge on any atom is -0.310 e. The summed E-state index contributed by atoms with van der Waals surface area (Å²) in [6.45, 7) is 4.79. The van der Waals surface area contributed by atoms with Gasteiger partial charge in [0, 0.05) is 23.7 Å². The molecule has 1 aromatic heterocycles. The first-order chi connectivity index (χ1) is 9.54. The average molecular weight is 311 g/mol. The van der Waals surface area contributed by atoms with Crippen molar-refractivity contribution in [1.29, 1.82) is 0 Å². The molecule has 0 atom stereocenters. The van der Waals surface area contributed by atoms with Crippen molar-refractivity contribution in [2.24, 2.45) is 0 Å². The third kappa shape index (κ3) is 4.47. The highest BCUT2D eigenvalue weighted by atomic mass is 35.5. The van der Waals surface area contributed by atoms with E-state index >= 15 is 0 Å². The van der Waals surface area contributed by atoms with E-state index in [4.69, 9.17) is 11.6 Å². The Balaban J connectivity index is 2.07. The molecule has 2 rings (SSSR count). The van der Waals surface area contributed by atoms with Gasteiger partial charge in [-0.15, -0.1) is 0 Å². The smallest absolute Gasteiger partial charge is 0.137 e. The van der Waals surface area contributed by atoms with E-state index < -0.39 is 0 Å². The van der Waals surface area contributed by atoms with Crippen LogP contribution in [0.5, 0.6) is 0 Å². The van der Waals surface area contributed by atoms with E-state index in [1.807, 2.05) is 6.07 Å². The highest BCUT2D eigenvalue weighted by molar-refractivity contribution is 7.99. The SMILES string of the molecule is CC(C)NCc1ccc(Sc2ccc(Cl)cn2)c(F)c1. The van der Waals surface area contributed by atoms with E-state index in [-0.39, 0.29) is 5.82 Å². The van der Waals surface area contributed by atoms with Gasteiger partial charge in [0.1, 0.15) is 10.8 Å². The van der Waals surface area contributed by atoms with Crippen molar-refractivity contribution in [1.82, 2.24) is 10.3 Å². The molecule has 0 aliphatic carbocycles. The quantitative estimate of drug-likeness (QED) is 0.878. The average Bonchev–Trinajstić information content (AvgIpc) is 2.41. The van der Waals surface area contributed by atoms with Gasteiger partial charge in [0.15, 0.2) is 0 Å². The zero-order valence-electron chi connectivity index (χ0n) is 11.4. The van der Waals surface area contributed by atoms with Gasteiger partial charge in [-0.25, -0.2) is 9.37 Å². The highest BCUT2D eigenvalue weighted by Gasteiger charge is 2.07. The van der Waals surface area contributed by atoms with Crippen LogP contribution in [-0.4, -0.2) is 11.0 Å². The second-order valence-corrected chi connectivity index (χ2v) is 6.22. The molecular formula is C15H16ClFN2S. The molecule has 0 aliphatic heterocycles. The van der Waals surface area contributed by atoms with Crippen molar-refractivity contribution in [2.75, 3.05) is 0 Å². The molecule has 106 valence electrons. The third-order valence-electron chi connectivity index (χ3n) is 2.63. The number of rotatable bonds is 5. The molecule has 1 aromatic carbocycles. The summed E-state index contributed by atoms with van der Waals surface area (Å²) >= 11 is 7.07. The predicted molar refractivity (Wildman–Crippen MR) is 81.7 cm³/mol. The summed E-state index contributed by atoms with van der Waals surface area (Å²) in [6, 6.07) is 9.18. The zero-order chi connectivity index (χ0) is 14.5. The summed E-state index contributed by atoms with van der Waals surface area (Å²) in [5.74, 6) is -0.227. The van der Waals surface area contributed by atoms with Crippen LogP contribution in [0.1, 0.15) is 19.4 Å². The highest BCUT2D eigenvalue weighted by Crippen LogP contribution is 2.29. The molecular weight excluding hydrogens is 295 g/mol. The van der Waals surface area contributed by atoms with Gasteiger partial charge >= 0.3 is 0 Å². The molecule has 1 N–H and O–H groups in total. The maximum absolute atomic E-state index is 14.0. The fourth-order valence-corrected chi connectivity index (χ4v) is 2.47. The number of nitrogens with zero attached hydrogens (tertiary/aromatic N) is 1. The molecule has 2 aromatic rings. The van der Waals surface area contributed by atoms with Crippen LogP contribution in [-0.2, 0) is 6.54 Å². The maximum atomic E-state index is 14.0. The molecule has 0 saturated heterocycles. The van der Waals surface area contributed by atoms with E-state index in [1.165, 1.54) is 11.8 Å². The molecule has 0 bridgehead atoms. The van der Waals surface area contributed by atoms with Gasteiger partial charge in [-0.05, 0) is 29.8 Å². The Kier molecular flexibility index (Phi) is 5.40. The molecule has 0 spiro atoms. The Bertz CT molecular complexity index is 573. The van der Waals surface area contributed by atoms with E-state index in [0.29, 0.717) is 22.5 Å². The number of nitrogens with one attached hydrogen (secondary N) is 1. The Labute approximate surface area is 127 Å². The van der Waals surface area contributed by atoms with Crippen molar-refractivity contribution < 1.29 is 4.39 Å². The number of hydrogen-bond donors (Lipinski definition) is 1. The predicted octanol–water partition coefficient (Wildman–Crippen LogP) is 4.52. The fraction of sp³-hybridized carbons (Fsp3) is 0.267. The zero-order valence-corrected chi connectivity index (χ0v) is 12.9. The summed E-state index contributed by atoms with van der Waals surface area (Å²) in [7, 11) is 0. The van der Waals surface area contributed by atoms with Gasteiger partial charge in [-0.3, -0.25) is 0 Å². The monoisotopic (exact) mass is 310 g/mol. The Morgan fingerprint density at radius 2 is 2.10 bits per heavy atom. The van der Waals surface area contributed by atoms with Crippen LogP contribution in [0.3, 0.4) is 0 Å². The fourth-order valence-electron chi connectivity index (χ4n) is 1.59. The molecule has 5 heteroatoms. The molecule has 2 nitrogen and oxygen atoms in total. The molecule has 0 amide bonds. The molecule has 20 heavy (non-hydrogen) atoms. The minimum atomic E-state index is -0.227. The van der Waals surface area contributed by atoms with Crippen molar-refractivity contribution in [2.45, 2.75) is 36.4 Å². The minimum absolute atomic E-state index is 0.227. The third-order valence-corrected chi connectivity index (χ3v) is 3.85. The topological polar surface area (TPSA) is 24.9 Å². The summed E-state index contributed by atoms with van der Waals surface area (Å²) in [6.07, 6.45) is 1.56. The number of benzene rings is 1. The van der Waals surface area contributed by atoms with E-state index in [2.05, 4.69) is 24.1 Å². The van der Waals surface area contributed by atoms with Gasteiger partial charge in [0.2, 0.25) is 0 Å². The standard InChI is InChI=1S/C15H16ClFN2S/c1-10(2)18-8-11-3-5-14(13(17)7-11)20-15-6-4-12(16)9-19-15/h3-7,9-10,18H,8H2,1-2H3. The van der Waals surface area contributed by atoms with Crippen molar-refractivity contribution in [3.8, 4) is 0 Å². The van der Waals surface area contributed by atoms with Crippen molar-refractivity contribution in [3.63, 3.8) is 0 Å². The van der Waals surface area contributed by atoms with Crippen molar-refractivity contribution >= 4 is 23.4 Å². The molecule has 0 radical (unpaired) electrons. The van der Waals surface area contributed by atoms with Gasteiger partial charge < -0.3 is 5.32 Å². The Morgan fingerprint density at radius 1 is 1.30 bits per heavy atom. The lowest BCUT2D eigenvalue weighted by Crippen LogP contribution is -2.21. The summed E-state index contributed by atoms with van der Waals surface area (Å²) in [4.78, 5) is 4.71. The molecule has 1 heterocycles. The lowest BCUT2D eigenvalue weighted by molar-refractivity contribution is 0.574. The van der Waals surface area contributed by atoms with Gasteiger partial charge in [-0.1, -0.05) is 43.3 Å². The molecule has 0 aliphatic rings. The van der Waals surface area contributed by atoms with Crippen molar-refractivity contribution in [3.05, 3.63) is 52.9 Å². The van der Waals surface area contributed by atoms with E-state index in [1.54, 1.807) is 30.5 Å². The van der Waals surface area contributed by atoms with Crippen LogP contribution in [0, 0.1) is 5.82 Å². The maximum Gasteiger partial charge on any atom is 0.137 e. The van der Waals surface area contributed by atoms with Gasteiger partial charge in [0.05, 0.1) is 5.02 Å². The second kappa shape index (κ2) is 7.07. The van der Waals surface area contributed by atoms with Crippen LogP contribution in [0.2, 0.25) is 5.02 Å². The summed E-state index contributed by atoms with van der Waals surface area (Å²) in [5, 5.41) is 4.56. The molecule has 0 saturated carbocycles. The van der Waals surface area contributed by atoms with Gasteiger partial charge in [0.25, 0.3) is 0 Å². The summed E-state index contributed by atoms with van der Waals surface area (Å²) < 4.78 is 14.0. The first-order valence-electron chi connectivity index (χ1n) is 6.36. The van der Waals surface area contributed by atoms with Gasteiger partial charge in [-0.2, -0.15) is 0 Å². The van der Waals surface area contributed by atoms with E-state index in [9.17, 15) is 4.39 Å². The Morgan fingerprint density at radius 3 is 2.70 bits per heavy atom. The van der Waals surface area contributed by atoms with E-state index in [0.717, 1.165) is 10.6 Å². The lowest BCUT2D eigenvalue weighted by Gasteiger charge is -2.09. The summed E-state index contributed by atoms with van der Waals surface area (Å²) in [5.41, 5.74) is 0.935. The van der Waals surface area contributed by atoms with Crippen LogP contribution in [0.15, 0.2) is 46.5 Å². The first kappa shape index (κ1) is 15.3. The van der Waals surface area contributed by atoms with Crippen LogP contribution in [0.25, 0.3) is 0 Å². The molecule has 0 unspecified atom stereocenters. The number of hydrogen-bond acceptors (Lipinski definition) is 3. The number of pyridine rings is 1. The molecule has 0 fully saturated rings. The van der Waals surface area contributed by atoms with Crippen LogP contribution >= 0.6 is 23.4 Å². The number of halogens is 2. The van der Waals surface area contributed by atoms with Crippen LogP contribution in [0.4, 0.5) is 4.39 Å². The normalized spacial score (nSPS) is 11.1. The Hall–Kier alpha value is -1.10. The van der Waals surface area contributed by atoms with Crippen LogP contribution < -0.4 is 5.32 Å². The largest absolute Gasteiger partial charge is 0.310 e. The second-order valence-electron chi connectivity index (χ2n) is 4.72. The first-order valence-corrected chi connectivity index (χ1v) is 7.55. The number of aromatic nitrogens is 1. The lowest BCUT2D eigenvalue weighted by atomic mass is 10.2.